The Hall–Kier alpha value is -2.55. The number of hydrazine groups is 2. The second kappa shape index (κ2) is 6.31. The summed E-state index contributed by atoms with van der Waals surface area (Å²) in [7, 11) is 0. The van der Waals surface area contributed by atoms with Gasteiger partial charge in [-0.3, -0.25) is 0 Å². The van der Waals surface area contributed by atoms with Gasteiger partial charge >= 0.3 is 12.4 Å². The predicted octanol–water partition coefficient (Wildman–Crippen LogP) is 3.06. The number of aromatic nitrogens is 1. The molecule has 1 aromatic heterocycles. The minimum Gasteiger partial charge on any atom is -0.323 e. The van der Waals surface area contributed by atoms with Gasteiger partial charge in [0, 0.05) is 12.4 Å². The van der Waals surface area contributed by atoms with Gasteiger partial charge in [0.1, 0.15) is 6.04 Å². The van der Waals surface area contributed by atoms with Crippen molar-refractivity contribution in [2.45, 2.75) is 24.4 Å². The lowest BCUT2D eigenvalue weighted by atomic mass is 10.1. The maximum Gasteiger partial charge on any atom is 0.418 e. The zero-order valence-corrected chi connectivity index (χ0v) is 12.8. The molecule has 1 aliphatic rings. The van der Waals surface area contributed by atoms with Crippen molar-refractivity contribution in [3.63, 3.8) is 0 Å². The molecule has 11 heteroatoms. The van der Waals surface area contributed by atoms with E-state index < -0.39 is 41.3 Å². The van der Waals surface area contributed by atoms with Crippen LogP contribution in [0, 0.1) is 11.3 Å². The minimum atomic E-state index is -4.83. The maximum absolute atomic E-state index is 13.2. The zero-order valence-electron chi connectivity index (χ0n) is 12.8. The largest absolute Gasteiger partial charge is 0.418 e. The molecule has 0 saturated carbocycles. The van der Waals surface area contributed by atoms with E-state index in [0.29, 0.717) is 23.8 Å². The second-order valence-electron chi connectivity index (χ2n) is 5.58. The van der Waals surface area contributed by atoms with E-state index in [9.17, 15) is 26.3 Å². The lowest BCUT2D eigenvalue weighted by Gasteiger charge is -2.16. The average Bonchev–Trinajstić information content (AvgIpc) is 3.21. The van der Waals surface area contributed by atoms with Crippen molar-refractivity contribution >= 4 is 0 Å². The summed E-state index contributed by atoms with van der Waals surface area (Å²) in [6.45, 7) is 0. The molecular formula is C15H11F6N5. The van der Waals surface area contributed by atoms with Crippen molar-refractivity contribution in [1.82, 2.24) is 21.0 Å². The molecule has 2 atom stereocenters. The molecule has 0 aliphatic carbocycles. The Kier molecular flexibility index (Phi) is 4.43. The van der Waals surface area contributed by atoms with Gasteiger partial charge in [0.25, 0.3) is 0 Å². The Labute approximate surface area is 143 Å². The monoisotopic (exact) mass is 375 g/mol. The highest BCUT2D eigenvalue weighted by molar-refractivity contribution is 5.47. The molecule has 0 spiro atoms. The van der Waals surface area contributed by atoms with Crippen LogP contribution in [0.2, 0.25) is 0 Å². The van der Waals surface area contributed by atoms with Gasteiger partial charge in [0.15, 0.2) is 0 Å². The van der Waals surface area contributed by atoms with E-state index in [2.05, 4.69) is 16.4 Å². The fraction of sp³-hybridized carbons (Fsp3) is 0.267. The number of hydrogen-bond donors (Lipinski definition) is 3. The predicted molar refractivity (Wildman–Crippen MR) is 77.3 cm³/mol. The molecular weight excluding hydrogens is 364 g/mol. The van der Waals surface area contributed by atoms with Crippen LogP contribution in [0.5, 0.6) is 0 Å². The van der Waals surface area contributed by atoms with Crippen LogP contribution >= 0.6 is 0 Å². The molecule has 1 saturated heterocycles. The molecule has 2 aromatic rings. The third kappa shape index (κ3) is 3.39. The summed E-state index contributed by atoms with van der Waals surface area (Å²) in [5.41, 5.74) is 5.25. The molecule has 5 nitrogen and oxygen atoms in total. The highest BCUT2D eigenvalue weighted by atomic mass is 19.4. The smallest absolute Gasteiger partial charge is 0.323 e. The molecule has 1 aliphatic heterocycles. The Balaban J connectivity index is 2.07. The number of rotatable bonds is 2. The van der Waals surface area contributed by atoms with E-state index in [-0.39, 0.29) is 0 Å². The van der Waals surface area contributed by atoms with Gasteiger partial charge in [-0.1, -0.05) is 0 Å². The van der Waals surface area contributed by atoms with Crippen LogP contribution in [0.3, 0.4) is 0 Å². The lowest BCUT2D eigenvalue weighted by molar-refractivity contribution is -0.141. The first-order valence-electron chi connectivity index (χ1n) is 7.23. The van der Waals surface area contributed by atoms with E-state index in [1.165, 1.54) is 18.5 Å². The Bertz CT molecular complexity index is 847. The van der Waals surface area contributed by atoms with Gasteiger partial charge in [-0.05, 0) is 29.8 Å². The average molecular weight is 375 g/mol. The van der Waals surface area contributed by atoms with E-state index in [1.807, 2.05) is 6.07 Å². The van der Waals surface area contributed by atoms with Crippen LogP contribution < -0.4 is 16.4 Å². The maximum atomic E-state index is 13.2. The quantitative estimate of drug-likeness (QED) is 0.706. The third-order valence-corrected chi connectivity index (χ3v) is 3.91. The van der Waals surface area contributed by atoms with Crippen LogP contribution in [-0.2, 0) is 12.4 Å². The summed E-state index contributed by atoms with van der Waals surface area (Å²) in [5, 5.41) is 9.03. The molecule has 3 N–H and O–H groups in total. The van der Waals surface area contributed by atoms with Crippen molar-refractivity contribution in [3.8, 4) is 11.8 Å². The molecule has 0 bridgehead atoms. The van der Waals surface area contributed by atoms with Gasteiger partial charge in [0.2, 0.25) is 0 Å². The van der Waals surface area contributed by atoms with Crippen LogP contribution in [-0.4, -0.2) is 10.6 Å². The van der Waals surface area contributed by atoms with Crippen LogP contribution in [0.1, 0.15) is 22.7 Å². The molecule has 0 amide bonds. The first-order valence-corrected chi connectivity index (χ1v) is 7.23. The number of benzene rings is 1. The van der Waals surface area contributed by atoms with Gasteiger partial charge in [-0.25, -0.2) is 10.9 Å². The molecule has 0 radical (unpaired) electrons. The molecule has 2 heterocycles. The van der Waals surface area contributed by atoms with E-state index in [0.717, 1.165) is 4.57 Å². The fourth-order valence-corrected chi connectivity index (χ4v) is 2.65. The van der Waals surface area contributed by atoms with Gasteiger partial charge < -0.3 is 4.57 Å². The molecule has 1 fully saturated rings. The first-order chi connectivity index (χ1) is 12.1. The number of nitriles is 1. The molecule has 26 heavy (non-hydrogen) atoms. The summed E-state index contributed by atoms with van der Waals surface area (Å²) in [5.74, 6) is 0. The van der Waals surface area contributed by atoms with E-state index in [4.69, 9.17) is 5.26 Å². The summed E-state index contributed by atoms with van der Waals surface area (Å²) in [6, 6.07) is 3.36. The molecule has 1 aromatic carbocycles. The van der Waals surface area contributed by atoms with E-state index in [1.54, 1.807) is 0 Å². The normalized spacial score (nSPS) is 21.0. The van der Waals surface area contributed by atoms with Crippen molar-refractivity contribution < 1.29 is 26.3 Å². The van der Waals surface area contributed by atoms with Gasteiger partial charge in [-0.2, -0.15) is 37.1 Å². The van der Waals surface area contributed by atoms with Gasteiger partial charge in [0.05, 0.1) is 28.9 Å². The van der Waals surface area contributed by atoms with Crippen LogP contribution in [0.4, 0.5) is 26.3 Å². The summed E-state index contributed by atoms with van der Waals surface area (Å²) in [4.78, 5) is 0. The number of nitrogens with one attached hydrogen (secondary N) is 3. The van der Waals surface area contributed by atoms with Crippen LogP contribution in [0.25, 0.3) is 5.69 Å². The standard InChI is InChI=1S/C15H11F6N5/c16-14(17,18)9-1-2-10(15(19,20)21)12(5-9)26-4-3-8(7-26)13-11(6-22)23-25-24-13/h1-5,7,11,13,23-25H. The number of halogens is 6. The van der Waals surface area contributed by atoms with Crippen molar-refractivity contribution in [3.05, 3.63) is 53.3 Å². The molecule has 3 rings (SSSR count). The Morgan fingerprint density at radius 3 is 2.35 bits per heavy atom. The van der Waals surface area contributed by atoms with Crippen LogP contribution in [0.15, 0.2) is 36.7 Å². The number of alkyl halides is 6. The summed E-state index contributed by atoms with van der Waals surface area (Å²) < 4.78 is 79.3. The van der Waals surface area contributed by atoms with Gasteiger partial charge in [-0.15, -0.1) is 0 Å². The first kappa shape index (κ1) is 18.2. The lowest BCUT2D eigenvalue weighted by Crippen LogP contribution is -2.32. The third-order valence-electron chi connectivity index (χ3n) is 3.91. The second-order valence-corrected chi connectivity index (χ2v) is 5.58. The zero-order chi connectivity index (χ0) is 19.1. The van der Waals surface area contributed by atoms with Crippen molar-refractivity contribution in [2.24, 2.45) is 0 Å². The highest BCUT2D eigenvalue weighted by Gasteiger charge is 2.38. The fourth-order valence-electron chi connectivity index (χ4n) is 2.65. The summed E-state index contributed by atoms with van der Waals surface area (Å²) in [6.07, 6.45) is -7.13. The topological polar surface area (TPSA) is 64.8 Å². The molecule has 138 valence electrons. The Morgan fingerprint density at radius 1 is 1.00 bits per heavy atom. The van der Waals surface area contributed by atoms with Crippen molar-refractivity contribution in [2.75, 3.05) is 0 Å². The minimum absolute atomic E-state index is 0.398. The van der Waals surface area contributed by atoms with Crippen molar-refractivity contribution in [1.29, 1.82) is 5.26 Å². The number of nitrogens with zero attached hydrogens (tertiary/aromatic N) is 2. The summed E-state index contributed by atoms with van der Waals surface area (Å²) >= 11 is 0. The molecule has 2 unspecified atom stereocenters. The Morgan fingerprint density at radius 2 is 1.73 bits per heavy atom. The van der Waals surface area contributed by atoms with E-state index >= 15 is 0 Å². The highest BCUT2D eigenvalue weighted by Crippen LogP contribution is 2.38. The SMILES string of the molecule is N#CC1NNNC1c1ccn(-c2cc(C(F)(F)F)ccc2C(F)(F)F)c1. The number of hydrogen-bond acceptors (Lipinski definition) is 4.